The fourth-order valence-corrected chi connectivity index (χ4v) is 9.54. The third-order valence-corrected chi connectivity index (χ3v) is 12.3. The largest absolute Gasteiger partial charge is 0.497 e. The lowest BCUT2D eigenvalue weighted by molar-refractivity contribution is -0.254. The van der Waals surface area contributed by atoms with Gasteiger partial charge in [0.1, 0.15) is 34.6 Å². The summed E-state index contributed by atoms with van der Waals surface area (Å²) in [4.78, 5) is 36.6. The van der Waals surface area contributed by atoms with E-state index in [1.54, 1.807) is 67.8 Å². The number of carbonyl (C=O) groups is 2. The molecule has 1 heterocycles. The number of nitrogens with one attached hydrogen (secondary N) is 1. The Morgan fingerprint density at radius 3 is 2.37 bits per heavy atom. The van der Waals surface area contributed by atoms with E-state index in [1.165, 1.54) is 7.11 Å². The van der Waals surface area contributed by atoms with Crippen molar-refractivity contribution in [2.45, 2.75) is 102 Å². The Kier molecular flexibility index (Phi) is 16.3. The zero-order chi connectivity index (χ0) is 46.7. The first-order valence-corrected chi connectivity index (χ1v) is 22.6. The van der Waals surface area contributed by atoms with Crippen LogP contribution in [0.3, 0.4) is 0 Å². The van der Waals surface area contributed by atoms with Crippen LogP contribution in [-0.4, -0.2) is 90.8 Å². The average molecular weight is 893 g/mol. The van der Waals surface area contributed by atoms with Gasteiger partial charge in [-0.1, -0.05) is 37.1 Å². The van der Waals surface area contributed by atoms with Gasteiger partial charge in [-0.3, -0.25) is 10.1 Å². The predicted molar refractivity (Wildman–Crippen MR) is 247 cm³/mol. The van der Waals surface area contributed by atoms with Crippen LogP contribution in [-0.2, 0) is 9.57 Å². The van der Waals surface area contributed by atoms with Gasteiger partial charge in [-0.15, -0.1) is 6.58 Å². The maximum Gasteiger partial charge on any atom is 0.417 e. The van der Waals surface area contributed by atoms with Crippen molar-refractivity contribution in [1.29, 1.82) is 5.26 Å². The molecule has 14 heteroatoms. The van der Waals surface area contributed by atoms with Gasteiger partial charge in [-0.25, -0.2) is 4.79 Å². The van der Waals surface area contributed by atoms with Gasteiger partial charge >= 0.3 is 6.09 Å². The fourth-order valence-electron chi connectivity index (χ4n) is 9.54. The van der Waals surface area contributed by atoms with E-state index in [1.807, 2.05) is 38.7 Å². The second-order valence-corrected chi connectivity index (χ2v) is 17.7. The molecule has 3 aromatic rings. The van der Waals surface area contributed by atoms with Crippen LogP contribution in [0.1, 0.15) is 106 Å². The molecule has 3 aliphatic rings. The number of unbranched alkanes of at least 4 members (excludes halogenated alkanes) is 2. The van der Waals surface area contributed by atoms with Crippen molar-refractivity contribution in [2.75, 3.05) is 45.9 Å². The molecule has 6 rings (SSSR count). The van der Waals surface area contributed by atoms with E-state index in [9.17, 15) is 25.1 Å². The number of nitrogens with zero attached hydrogens (tertiary/aromatic N) is 3. The summed E-state index contributed by atoms with van der Waals surface area (Å²) >= 11 is 0. The number of allylic oxidation sites excluding steroid dienone is 1. The van der Waals surface area contributed by atoms with Crippen LogP contribution in [0.5, 0.6) is 23.0 Å². The van der Waals surface area contributed by atoms with Crippen LogP contribution in [0.15, 0.2) is 90.1 Å². The highest BCUT2D eigenvalue weighted by Gasteiger charge is 2.65. The Labute approximate surface area is 382 Å². The Morgan fingerprint density at radius 2 is 1.72 bits per heavy atom. The SMILES string of the molecule is C=CCOC12Oc3ccc(OC(=O)Nc4ccc(OC)cc4OC)cc3C3C(CCCCO)C(CCCCO)C=C(C(=NOC(C)(C)C)CC1N(CCC)C(=O)c1ccc(C#N)cc1)C32. The van der Waals surface area contributed by atoms with E-state index in [0.717, 1.165) is 36.8 Å². The summed E-state index contributed by atoms with van der Waals surface area (Å²) in [7, 11) is 3.05. The van der Waals surface area contributed by atoms with Crippen molar-refractivity contribution in [2.24, 2.45) is 22.9 Å². The van der Waals surface area contributed by atoms with Crippen LogP contribution >= 0.6 is 0 Å². The minimum atomic E-state index is -1.48. The zero-order valence-corrected chi connectivity index (χ0v) is 38.5. The number of oxime groups is 1. The topological polar surface area (TPSA) is 181 Å². The molecule has 1 fully saturated rings. The van der Waals surface area contributed by atoms with Crippen molar-refractivity contribution >= 4 is 23.4 Å². The number of hydrogen-bond donors (Lipinski definition) is 3. The van der Waals surface area contributed by atoms with Gasteiger partial charge in [0, 0.05) is 49.3 Å². The molecule has 348 valence electrons. The number of nitriles is 1. The summed E-state index contributed by atoms with van der Waals surface area (Å²) in [6.07, 6.45) is 8.32. The van der Waals surface area contributed by atoms with Gasteiger partial charge in [-0.2, -0.15) is 5.26 Å². The molecule has 14 nitrogen and oxygen atoms in total. The highest BCUT2D eigenvalue weighted by atomic mass is 16.7. The molecule has 0 bridgehead atoms. The van der Waals surface area contributed by atoms with Crippen LogP contribution in [0.4, 0.5) is 10.5 Å². The lowest BCUT2D eigenvalue weighted by Gasteiger charge is -2.60. The maximum absolute atomic E-state index is 14.9. The zero-order valence-electron chi connectivity index (χ0n) is 38.5. The molecule has 2 amide bonds. The Bertz CT molecular complexity index is 2250. The monoisotopic (exact) mass is 892 g/mol. The van der Waals surface area contributed by atoms with Gasteiger partial charge in [0.15, 0.2) is 0 Å². The molecule has 1 saturated carbocycles. The molecule has 0 saturated heterocycles. The summed E-state index contributed by atoms with van der Waals surface area (Å²) in [5, 5.41) is 37.2. The average Bonchev–Trinajstić information content (AvgIpc) is 3.30. The van der Waals surface area contributed by atoms with Crippen molar-refractivity contribution in [3.63, 3.8) is 0 Å². The molecule has 0 spiro atoms. The summed E-state index contributed by atoms with van der Waals surface area (Å²) in [5.41, 5.74) is 2.95. The van der Waals surface area contributed by atoms with Crippen LogP contribution < -0.4 is 24.3 Å². The summed E-state index contributed by atoms with van der Waals surface area (Å²) in [6.45, 7) is 12.4. The third kappa shape index (κ3) is 11.0. The molecule has 3 aromatic carbocycles. The van der Waals surface area contributed by atoms with Crippen molar-refractivity contribution in [1.82, 2.24) is 4.90 Å². The third-order valence-electron chi connectivity index (χ3n) is 12.3. The minimum Gasteiger partial charge on any atom is -0.497 e. The number of rotatable bonds is 20. The second-order valence-electron chi connectivity index (χ2n) is 17.7. The quantitative estimate of drug-likeness (QED) is 0.0559. The first-order chi connectivity index (χ1) is 31.3. The number of hydrogen-bond acceptors (Lipinski definition) is 12. The van der Waals surface area contributed by atoms with E-state index in [2.05, 4.69) is 24.0 Å². The molecule has 6 atom stereocenters. The maximum atomic E-state index is 14.9. The van der Waals surface area contributed by atoms with E-state index in [0.29, 0.717) is 65.6 Å². The van der Waals surface area contributed by atoms with Crippen LogP contribution in [0.25, 0.3) is 0 Å². The second kappa shape index (κ2) is 21.9. The highest BCUT2D eigenvalue weighted by molar-refractivity contribution is 6.03. The lowest BCUT2D eigenvalue weighted by atomic mass is 9.55. The van der Waals surface area contributed by atoms with Gasteiger partial charge in [0.05, 0.1) is 49.8 Å². The number of anilines is 1. The number of aliphatic hydroxyl groups is 2. The van der Waals surface area contributed by atoms with Crippen LogP contribution in [0.2, 0.25) is 0 Å². The molecule has 0 aromatic heterocycles. The normalized spacial score (nSPS) is 22.5. The van der Waals surface area contributed by atoms with Gasteiger partial charge in [-0.05, 0) is 125 Å². The molecule has 1 aliphatic heterocycles. The summed E-state index contributed by atoms with van der Waals surface area (Å²) < 4.78 is 31.2. The van der Waals surface area contributed by atoms with Gasteiger partial charge in [0.25, 0.3) is 5.91 Å². The van der Waals surface area contributed by atoms with E-state index >= 15 is 0 Å². The molecular formula is C51H64N4O10. The number of methoxy groups -OCH3 is 2. The van der Waals surface area contributed by atoms with E-state index < -0.39 is 29.4 Å². The first kappa shape index (κ1) is 48.6. The predicted octanol–water partition coefficient (Wildman–Crippen LogP) is 9.17. The molecule has 2 aliphatic carbocycles. The van der Waals surface area contributed by atoms with Gasteiger partial charge in [0.2, 0.25) is 5.79 Å². The number of fused-ring (bicyclic) bond motifs is 2. The van der Waals surface area contributed by atoms with Crippen LogP contribution in [0, 0.1) is 29.1 Å². The Hall–Kier alpha value is -5.88. The number of amides is 2. The standard InChI is InChI=1S/C51H64N4O10/c1-8-24-55(48(58)34-18-16-33(32-52)17-19-34)45-31-42(54-65-50(3,4)5)39-28-35(14-10-12-25-56)38(15-11-13-26-57)46-40-29-37(21-23-43(40)64-51(45,47(39)46)62-27-9-2)63-49(59)53-41-22-20-36(60-6)30-44(41)61-7/h9,16-23,28-30,35,38,45-47,56-57H,2,8,10-15,24-27,31H2,1,3-7H3,(H,53,59). The van der Waals surface area contributed by atoms with Crippen molar-refractivity contribution in [3.05, 3.63) is 102 Å². The molecule has 3 N–H and O–H groups in total. The highest BCUT2D eigenvalue weighted by Crippen LogP contribution is 2.62. The summed E-state index contributed by atoms with van der Waals surface area (Å²) in [6, 6.07) is 18.4. The van der Waals surface area contributed by atoms with E-state index in [4.69, 9.17) is 33.7 Å². The molecular weight excluding hydrogens is 829 g/mol. The van der Waals surface area contributed by atoms with Crippen molar-refractivity contribution < 1.29 is 48.3 Å². The number of carbonyl (C=O) groups excluding carboxylic acids is 2. The lowest BCUT2D eigenvalue weighted by Crippen LogP contribution is -2.70. The van der Waals surface area contributed by atoms with Crippen molar-refractivity contribution in [3.8, 4) is 29.1 Å². The number of benzene rings is 3. The smallest absolute Gasteiger partial charge is 0.417 e. The Balaban J connectivity index is 1.56. The fraction of sp³-hybridized carbons (Fsp3) is 0.490. The molecule has 0 radical (unpaired) electrons. The summed E-state index contributed by atoms with van der Waals surface area (Å²) in [5.74, 6) is -0.940. The molecule has 6 unspecified atom stereocenters. The van der Waals surface area contributed by atoms with E-state index in [-0.39, 0.29) is 55.7 Å². The molecule has 65 heavy (non-hydrogen) atoms. The number of ether oxygens (including phenoxy) is 5. The Morgan fingerprint density at radius 1 is 1.00 bits per heavy atom. The van der Waals surface area contributed by atoms with Gasteiger partial charge < -0.3 is 43.6 Å². The first-order valence-electron chi connectivity index (χ1n) is 22.6. The minimum absolute atomic E-state index is 0.00151. The number of aliphatic hydroxyl groups excluding tert-OH is 2.